The molecule has 0 aliphatic rings. The molecule has 0 aliphatic heterocycles. The third-order valence-corrected chi connectivity index (χ3v) is 4.96. The first kappa shape index (κ1) is 32.3. The van der Waals surface area contributed by atoms with Crippen LogP contribution in [0.15, 0.2) is 24.3 Å². The van der Waals surface area contributed by atoms with Crippen molar-refractivity contribution < 1.29 is 26.2 Å². The molecule has 0 unspecified atom stereocenters. The molecule has 1 aromatic rings. The van der Waals surface area contributed by atoms with Gasteiger partial charge in [0.1, 0.15) is 0 Å². The average molecular weight is 475 g/mol. The Balaban J connectivity index is -0.000000113. The van der Waals surface area contributed by atoms with Crippen LogP contribution in [0.1, 0.15) is 62.3 Å². The zero-order valence-corrected chi connectivity index (χ0v) is 22.8. The minimum atomic E-state index is -0.888. The molecular weight excluding hydrogens is 434 g/mol. The molecule has 3 nitrogen and oxygen atoms in total. The molecule has 0 atom stereocenters. The van der Waals surface area contributed by atoms with Crippen LogP contribution >= 0.6 is 0 Å². The van der Waals surface area contributed by atoms with Crippen molar-refractivity contribution >= 4 is 18.7 Å². The predicted molar refractivity (Wildman–Crippen MR) is 113 cm³/mol. The van der Waals surface area contributed by atoms with Crippen molar-refractivity contribution in [3.05, 3.63) is 41.5 Å². The average Bonchev–Trinajstić information content (AvgIpc) is 2.59. The van der Waals surface area contributed by atoms with E-state index >= 15 is 0 Å². The summed E-state index contributed by atoms with van der Waals surface area (Å²) in [7, 11) is 0. The fourth-order valence-electron chi connectivity index (χ4n) is 0.774. The molecule has 0 aromatic heterocycles. The minimum Gasteiger partial charge on any atom is 4.00 e. The van der Waals surface area contributed by atoms with Gasteiger partial charge in [-0.2, -0.15) is 0 Å². The molecule has 0 aliphatic carbocycles. The largest absolute Gasteiger partial charge is 4.00 e. The molecular formula is C19H41GeN3Zr. The summed E-state index contributed by atoms with van der Waals surface area (Å²) in [6.45, 7) is 16.7. The van der Waals surface area contributed by atoms with Gasteiger partial charge in [0.15, 0.2) is 0 Å². The maximum atomic E-state index is 6.94. The predicted octanol–water partition coefficient (Wildman–Crippen LogP) is 6.61. The van der Waals surface area contributed by atoms with E-state index in [0.29, 0.717) is 0 Å². The second kappa shape index (κ2) is 14.8. The summed E-state index contributed by atoms with van der Waals surface area (Å²) < 4.78 is 1.62. The van der Waals surface area contributed by atoms with E-state index in [9.17, 15) is 0 Å². The van der Waals surface area contributed by atoms with Crippen LogP contribution < -0.4 is 4.40 Å². The molecule has 1 rings (SSSR count). The summed E-state index contributed by atoms with van der Waals surface area (Å²) in [6, 6.07) is 8.73. The summed E-state index contributed by atoms with van der Waals surface area (Å²) in [4.78, 5) is 0. The van der Waals surface area contributed by atoms with Gasteiger partial charge in [-0.25, -0.2) is 0 Å². The zero-order valence-electron chi connectivity index (χ0n) is 17.9. The van der Waals surface area contributed by atoms with Crippen molar-refractivity contribution in [1.29, 1.82) is 0 Å². The fourth-order valence-corrected chi connectivity index (χ4v) is 2.86. The van der Waals surface area contributed by atoms with E-state index in [1.54, 1.807) is 4.40 Å². The zero-order chi connectivity index (χ0) is 19.5. The first-order valence-electron chi connectivity index (χ1n) is 8.27. The Hall–Kier alpha value is 0.656. The summed E-state index contributed by atoms with van der Waals surface area (Å²) in [5.74, 6) is 4.78. The van der Waals surface area contributed by atoms with Gasteiger partial charge >= 0.3 is 80.7 Å². The van der Waals surface area contributed by atoms with Gasteiger partial charge in [-0.05, 0) is 0 Å². The summed E-state index contributed by atoms with van der Waals surface area (Å²) >= 11 is -0.888. The molecule has 0 amide bonds. The Kier molecular flexibility index (Phi) is 19.9. The van der Waals surface area contributed by atoms with Gasteiger partial charge in [0.05, 0.1) is 0 Å². The molecule has 0 saturated carbocycles. The van der Waals surface area contributed by atoms with Crippen molar-refractivity contribution in [2.45, 2.75) is 90.4 Å². The number of hydrogen-bond donors (Lipinski definition) is 0. The molecule has 24 heavy (non-hydrogen) atoms. The molecule has 3 N–H and O–H groups in total. The van der Waals surface area contributed by atoms with Crippen LogP contribution in [-0.4, -0.2) is 31.0 Å². The monoisotopic (exact) mass is 475 g/mol. The third kappa shape index (κ3) is 78.2. The first-order valence-corrected chi connectivity index (χ1v) is 14.3. The van der Waals surface area contributed by atoms with E-state index in [4.69, 9.17) is 17.2 Å². The molecule has 0 spiro atoms. The van der Waals surface area contributed by atoms with Gasteiger partial charge in [0.25, 0.3) is 0 Å². The van der Waals surface area contributed by atoms with Crippen LogP contribution in [0, 0.1) is 0 Å². The van der Waals surface area contributed by atoms with Crippen LogP contribution in [0.2, 0.25) is 11.5 Å². The van der Waals surface area contributed by atoms with Crippen molar-refractivity contribution in [2.75, 3.05) is 0 Å². The van der Waals surface area contributed by atoms with E-state index < -0.39 is 14.3 Å². The Morgan fingerprint density at radius 2 is 0.792 bits per heavy atom. The Morgan fingerprint density at radius 3 is 0.875 bits per heavy atom. The third-order valence-electron chi connectivity index (χ3n) is 1.36. The molecule has 1 aromatic carbocycles. The molecule has 0 bridgehead atoms. The van der Waals surface area contributed by atoms with Gasteiger partial charge in [-0.15, -0.1) is 16.6 Å². The summed E-state index contributed by atoms with van der Waals surface area (Å²) in [5.41, 5.74) is 20.1. The van der Waals surface area contributed by atoms with Crippen LogP contribution in [0.3, 0.4) is 0 Å². The van der Waals surface area contributed by atoms with E-state index in [-0.39, 0.29) is 42.8 Å². The van der Waals surface area contributed by atoms with Crippen molar-refractivity contribution in [3.63, 3.8) is 0 Å². The topological polar surface area (TPSA) is 71.4 Å². The van der Waals surface area contributed by atoms with Crippen molar-refractivity contribution in [1.82, 2.24) is 0 Å². The first-order chi connectivity index (χ1) is 9.80. The molecule has 0 heterocycles. The second-order valence-corrected chi connectivity index (χ2v) is 15.4. The van der Waals surface area contributed by atoms with E-state index in [1.165, 1.54) is 0 Å². The van der Waals surface area contributed by atoms with Gasteiger partial charge in [0.2, 0.25) is 0 Å². The summed E-state index contributed by atoms with van der Waals surface area (Å²) in [5, 5.41) is 0. The van der Waals surface area contributed by atoms with E-state index in [0.717, 1.165) is 0 Å². The number of nitrogens with one attached hydrogen (secondary N) is 3. The standard InChI is InChI=1S/C7H11Ge.3C4H10N.Zr/c1-8(2)7-5-3-4-6-7;3*1-4(2,3)5;/h3-6,8H,1-2H3;3*5H,1-3H3;/q4*-1;+4. The Morgan fingerprint density at radius 1 is 0.625 bits per heavy atom. The molecule has 0 saturated heterocycles. The number of hydrogen-bond acceptors (Lipinski definition) is 0. The molecule has 140 valence electrons. The van der Waals surface area contributed by atoms with Gasteiger partial charge in [0, 0.05) is 0 Å². The second-order valence-electron chi connectivity index (χ2n) is 9.12. The number of rotatable bonds is 1. The van der Waals surface area contributed by atoms with Crippen molar-refractivity contribution in [2.24, 2.45) is 0 Å². The van der Waals surface area contributed by atoms with Crippen LogP contribution in [0.25, 0.3) is 17.2 Å². The summed E-state index contributed by atoms with van der Waals surface area (Å²) in [6.07, 6.45) is 0. The van der Waals surface area contributed by atoms with Crippen LogP contribution in [0.5, 0.6) is 0 Å². The Labute approximate surface area is 176 Å². The maximum Gasteiger partial charge on any atom is 4.00 e. The van der Waals surface area contributed by atoms with Gasteiger partial charge < -0.3 is 17.2 Å². The molecule has 5 heteroatoms. The Bertz CT molecular complexity index is 309. The van der Waals surface area contributed by atoms with Gasteiger partial charge in [-0.1, -0.05) is 62.3 Å². The van der Waals surface area contributed by atoms with Crippen LogP contribution in [-0.2, 0) is 26.2 Å². The normalized spacial score (nSPS) is 11.0. The minimum absolute atomic E-state index is 0. The van der Waals surface area contributed by atoms with E-state index in [2.05, 4.69) is 35.8 Å². The fraction of sp³-hybridized carbons (Fsp3) is 0.737. The van der Waals surface area contributed by atoms with Crippen LogP contribution in [0.4, 0.5) is 0 Å². The maximum absolute atomic E-state index is 6.94. The van der Waals surface area contributed by atoms with Gasteiger partial charge in [-0.3, -0.25) is 0 Å². The van der Waals surface area contributed by atoms with E-state index in [1.807, 2.05) is 62.3 Å². The quantitative estimate of drug-likeness (QED) is 0.324. The van der Waals surface area contributed by atoms with Crippen molar-refractivity contribution in [3.8, 4) is 0 Å². The SMILES string of the molecule is CC(C)(C)[NH-].CC(C)(C)[NH-].CC(C)(C)[NH-].[CH3][GeH]([CH3])[c-]1cccc1.[Zr+4]. The smallest absolute Gasteiger partial charge is 4.00 e. The molecule has 0 radical (unpaired) electrons. The molecule has 0 fully saturated rings.